The smallest absolute Gasteiger partial charge is 0.114 e. The summed E-state index contributed by atoms with van der Waals surface area (Å²) >= 11 is 5.90. The minimum atomic E-state index is -0.133. The van der Waals surface area contributed by atoms with Gasteiger partial charge in [-0.2, -0.15) is 0 Å². The fraction of sp³-hybridized carbons (Fsp3) is 0.364. The van der Waals surface area contributed by atoms with Gasteiger partial charge in [0, 0.05) is 17.0 Å². The topological polar surface area (TPSA) is 54.7 Å². The van der Waals surface area contributed by atoms with Gasteiger partial charge in [0.25, 0.3) is 0 Å². The molecule has 0 atom stereocenters. The van der Waals surface area contributed by atoms with Crippen LogP contribution < -0.4 is 5.73 Å². The second kappa shape index (κ2) is 3.51. The Morgan fingerprint density at radius 3 is 2.87 bits per heavy atom. The van der Waals surface area contributed by atoms with E-state index in [9.17, 15) is 0 Å². The van der Waals surface area contributed by atoms with Crippen molar-refractivity contribution in [1.82, 2.24) is 9.97 Å². The van der Waals surface area contributed by atoms with E-state index in [0.29, 0.717) is 11.6 Å². The lowest BCUT2D eigenvalue weighted by Gasteiger charge is -2.18. The summed E-state index contributed by atoms with van der Waals surface area (Å²) in [5.41, 5.74) is 7.45. The van der Waals surface area contributed by atoms with Crippen LogP contribution in [0, 0.1) is 0 Å². The molecule has 2 aromatic rings. The van der Waals surface area contributed by atoms with Crippen molar-refractivity contribution >= 4 is 22.6 Å². The van der Waals surface area contributed by atoms with Gasteiger partial charge in [-0.25, -0.2) is 4.98 Å². The van der Waals surface area contributed by atoms with Crippen LogP contribution in [0.1, 0.15) is 19.7 Å². The van der Waals surface area contributed by atoms with E-state index in [-0.39, 0.29) is 5.41 Å². The van der Waals surface area contributed by atoms with Crippen LogP contribution in [-0.2, 0) is 5.41 Å². The van der Waals surface area contributed by atoms with Crippen molar-refractivity contribution in [3.63, 3.8) is 0 Å². The third-order valence-electron chi connectivity index (χ3n) is 2.60. The minimum absolute atomic E-state index is 0.133. The van der Waals surface area contributed by atoms with Crippen LogP contribution in [0.15, 0.2) is 18.2 Å². The van der Waals surface area contributed by atoms with Crippen molar-refractivity contribution in [3.05, 3.63) is 29.0 Å². The minimum Gasteiger partial charge on any atom is -0.341 e. The summed E-state index contributed by atoms with van der Waals surface area (Å²) in [6.07, 6.45) is 0. The Bertz CT molecular complexity index is 488. The molecule has 0 amide bonds. The van der Waals surface area contributed by atoms with Gasteiger partial charge in [-0.1, -0.05) is 25.4 Å². The van der Waals surface area contributed by atoms with Crippen molar-refractivity contribution in [2.24, 2.45) is 5.73 Å². The lowest BCUT2D eigenvalue weighted by molar-refractivity contribution is 0.509. The van der Waals surface area contributed by atoms with Crippen LogP contribution in [-0.4, -0.2) is 16.5 Å². The Kier molecular flexibility index (Phi) is 2.44. The maximum atomic E-state index is 5.90. The van der Waals surface area contributed by atoms with Gasteiger partial charge < -0.3 is 10.7 Å². The zero-order valence-electron chi connectivity index (χ0n) is 8.84. The molecule has 0 saturated carbocycles. The highest BCUT2D eigenvalue weighted by molar-refractivity contribution is 6.31. The number of benzene rings is 1. The predicted octanol–water partition coefficient (Wildman–Crippen LogP) is 2.45. The second-order valence-electron chi connectivity index (χ2n) is 4.33. The molecule has 3 N–H and O–H groups in total. The number of rotatable bonds is 2. The molecule has 0 aliphatic heterocycles. The van der Waals surface area contributed by atoms with Gasteiger partial charge in [-0.3, -0.25) is 0 Å². The van der Waals surface area contributed by atoms with Gasteiger partial charge in [0.05, 0.1) is 11.0 Å². The van der Waals surface area contributed by atoms with E-state index in [1.807, 2.05) is 18.2 Å². The van der Waals surface area contributed by atoms with Crippen molar-refractivity contribution in [1.29, 1.82) is 0 Å². The molecular weight excluding hydrogens is 210 g/mol. The highest BCUT2D eigenvalue weighted by atomic mass is 35.5. The Morgan fingerprint density at radius 2 is 2.20 bits per heavy atom. The number of H-pyrrole nitrogens is 1. The van der Waals surface area contributed by atoms with E-state index in [0.717, 1.165) is 16.9 Å². The first-order valence-corrected chi connectivity index (χ1v) is 5.26. The summed E-state index contributed by atoms with van der Waals surface area (Å²) in [4.78, 5) is 7.75. The fourth-order valence-electron chi connectivity index (χ4n) is 1.40. The van der Waals surface area contributed by atoms with Gasteiger partial charge in [0.2, 0.25) is 0 Å². The summed E-state index contributed by atoms with van der Waals surface area (Å²) in [5.74, 6) is 0.905. The largest absolute Gasteiger partial charge is 0.341 e. The molecule has 3 nitrogen and oxygen atoms in total. The third-order valence-corrected chi connectivity index (χ3v) is 2.83. The van der Waals surface area contributed by atoms with Crippen LogP contribution in [0.4, 0.5) is 0 Å². The molecule has 0 unspecified atom stereocenters. The molecule has 0 aliphatic carbocycles. The number of nitrogens with zero attached hydrogens (tertiary/aromatic N) is 1. The summed E-state index contributed by atoms with van der Waals surface area (Å²) in [6, 6.07) is 5.62. The van der Waals surface area contributed by atoms with Gasteiger partial charge in [0.15, 0.2) is 0 Å². The number of aromatic amines is 1. The first-order chi connectivity index (χ1) is 7.03. The van der Waals surface area contributed by atoms with Crippen LogP contribution in [0.3, 0.4) is 0 Å². The maximum Gasteiger partial charge on any atom is 0.114 e. The molecular formula is C11H14ClN3. The van der Waals surface area contributed by atoms with Crippen LogP contribution in [0.5, 0.6) is 0 Å². The van der Waals surface area contributed by atoms with Crippen molar-refractivity contribution in [2.45, 2.75) is 19.3 Å². The predicted molar refractivity (Wildman–Crippen MR) is 63.2 cm³/mol. The Labute approximate surface area is 93.6 Å². The van der Waals surface area contributed by atoms with Gasteiger partial charge in [0.1, 0.15) is 5.82 Å². The van der Waals surface area contributed by atoms with E-state index in [2.05, 4.69) is 23.8 Å². The molecule has 2 rings (SSSR count). The molecule has 1 aromatic heterocycles. The van der Waals surface area contributed by atoms with E-state index in [4.69, 9.17) is 17.3 Å². The molecule has 80 valence electrons. The lowest BCUT2D eigenvalue weighted by Crippen LogP contribution is -2.29. The SMILES string of the molecule is CC(C)(CN)c1nc2ccc(Cl)cc2[nH]1. The van der Waals surface area contributed by atoms with Crippen LogP contribution in [0.25, 0.3) is 11.0 Å². The Morgan fingerprint density at radius 1 is 1.47 bits per heavy atom. The molecule has 0 bridgehead atoms. The molecule has 1 heterocycles. The highest BCUT2D eigenvalue weighted by Crippen LogP contribution is 2.23. The van der Waals surface area contributed by atoms with E-state index >= 15 is 0 Å². The van der Waals surface area contributed by atoms with Gasteiger partial charge in [-0.05, 0) is 18.2 Å². The standard InChI is InChI=1S/C11H14ClN3/c1-11(2,6-13)10-14-8-4-3-7(12)5-9(8)15-10/h3-5H,6,13H2,1-2H3,(H,14,15). The number of nitrogens with two attached hydrogens (primary N) is 1. The van der Waals surface area contributed by atoms with Gasteiger partial charge >= 0.3 is 0 Å². The average Bonchev–Trinajstić information content (AvgIpc) is 2.61. The highest BCUT2D eigenvalue weighted by Gasteiger charge is 2.22. The van der Waals surface area contributed by atoms with Crippen molar-refractivity contribution < 1.29 is 0 Å². The molecule has 0 spiro atoms. The lowest BCUT2D eigenvalue weighted by atomic mass is 9.93. The zero-order valence-corrected chi connectivity index (χ0v) is 9.60. The van der Waals surface area contributed by atoms with Crippen molar-refractivity contribution in [3.8, 4) is 0 Å². The average molecular weight is 224 g/mol. The number of imidazole rings is 1. The Balaban J connectivity index is 2.56. The number of fused-ring (bicyclic) bond motifs is 1. The van der Waals surface area contributed by atoms with E-state index < -0.39 is 0 Å². The van der Waals surface area contributed by atoms with Crippen molar-refractivity contribution in [2.75, 3.05) is 6.54 Å². The number of aromatic nitrogens is 2. The molecule has 15 heavy (non-hydrogen) atoms. The molecule has 0 fully saturated rings. The number of hydrogen-bond donors (Lipinski definition) is 2. The van der Waals surface area contributed by atoms with Crippen LogP contribution >= 0.6 is 11.6 Å². The number of hydrogen-bond acceptors (Lipinski definition) is 2. The molecule has 0 aliphatic rings. The molecule has 4 heteroatoms. The molecule has 0 saturated heterocycles. The van der Waals surface area contributed by atoms with Crippen LogP contribution in [0.2, 0.25) is 5.02 Å². The normalized spacial score (nSPS) is 12.3. The summed E-state index contributed by atoms with van der Waals surface area (Å²) in [6.45, 7) is 4.68. The zero-order chi connectivity index (χ0) is 11.1. The molecule has 1 aromatic carbocycles. The first-order valence-electron chi connectivity index (χ1n) is 4.89. The number of halogens is 1. The first kappa shape index (κ1) is 10.5. The van der Waals surface area contributed by atoms with E-state index in [1.165, 1.54) is 0 Å². The number of nitrogens with one attached hydrogen (secondary N) is 1. The third kappa shape index (κ3) is 1.85. The van der Waals surface area contributed by atoms with E-state index in [1.54, 1.807) is 0 Å². The fourth-order valence-corrected chi connectivity index (χ4v) is 1.57. The molecule has 0 radical (unpaired) electrons. The Hall–Kier alpha value is -1.06. The monoisotopic (exact) mass is 223 g/mol. The maximum absolute atomic E-state index is 5.90. The summed E-state index contributed by atoms with van der Waals surface area (Å²) in [5, 5.41) is 0.711. The second-order valence-corrected chi connectivity index (χ2v) is 4.77. The quantitative estimate of drug-likeness (QED) is 0.822. The summed E-state index contributed by atoms with van der Waals surface area (Å²) < 4.78 is 0. The summed E-state index contributed by atoms with van der Waals surface area (Å²) in [7, 11) is 0. The van der Waals surface area contributed by atoms with Gasteiger partial charge in [-0.15, -0.1) is 0 Å².